The second-order valence-electron chi connectivity index (χ2n) is 8.40. The highest BCUT2D eigenvalue weighted by atomic mass is 16.6. The van der Waals surface area contributed by atoms with Crippen molar-refractivity contribution < 1.29 is 23.7 Å². The summed E-state index contributed by atoms with van der Waals surface area (Å²) in [5.41, 5.74) is 2.88. The van der Waals surface area contributed by atoms with Crippen LogP contribution in [0.25, 0.3) is 10.9 Å². The maximum absolute atomic E-state index is 13.6. The fourth-order valence-electron chi connectivity index (χ4n) is 4.36. The van der Waals surface area contributed by atoms with Gasteiger partial charge in [-0.3, -0.25) is 9.59 Å². The number of fused-ring (bicyclic) bond motifs is 2. The van der Waals surface area contributed by atoms with Gasteiger partial charge >= 0.3 is 0 Å². The lowest BCUT2D eigenvalue weighted by molar-refractivity contribution is 0.103. The molecule has 7 nitrogen and oxygen atoms in total. The monoisotopic (exact) mass is 471 g/mol. The Hall–Kier alpha value is -4.26. The van der Waals surface area contributed by atoms with Gasteiger partial charge in [0.1, 0.15) is 13.2 Å². The normalized spacial score (nSPS) is 12.4. The lowest BCUT2D eigenvalue weighted by atomic mass is 10.0. The summed E-state index contributed by atoms with van der Waals surface area (Å²) in [6.45, 7) is 3.35. The van der Waals surface area contributed by atoms with Gasteiger partial charge in [-0.25, -0.2) is 0 Å². The first-order chi connectivity index (χ1) is 17.0. The molecule has 0 N–H and O–H groups in total. The molecule has 0 atom stereocenters. The van der Waals surface area contributed by atoms with E-state index in [4.69, 9.17) is 18.9 Å². The predicted molar refractivity (Wildman–Crippen MR) is 132 cm³/mol. The lowest BCUT2D eigenvalue weighted by Crippen LogP contribution is -2.21. The maximum atomic E-state index is 13.6. The van der Waals surface area contributed by atoms with Gasteiger partial charge in [0.05, 0.1) is 30.7 Å². The second-order valence-corrected chi connectivity index (χ2v) is 8.40. The molecule has 0 spiro atoms. The molecule has 0 fully saturated rings. The first-order valence-electron chi connectivity index (χ1n) is 11.3. The van der Waals surface area contributed by atoms with Gasteiger partial charge in [-0.2, -0.15) is 0 Å². The quantitative estimate of drug-likeness (QED) is 0.389. The molecule has 35 heavy (non-hydrogen) atoms. The summed E-state index contributed by atoms with van der Waals surface area (Å²) in [6, 6.07) is 16.5. The van der Waals surface area contributed by atoms with Gasteiger partial charge in [-0.05, 0) is 36.8 Å². The van der Waals surface area contributed by atoms with Crippen LogP contribution in [-0.4, -0.2) is 37.8 Å². The summed E-state index contributed by atoms with van der Waals surface area (Å²) in [4.78, 5) is 27.1. The number of pyridine rings is 1. The zero-order valence-corrected chi connectivity index (χ0v) is 19.8. The average molecular weight is 472 g/mol. The number of hydrogen-bond donors (Lipinski definition) is 0. The minimum Gasteiger partial charge on any atom is -0.493 e. The van der Waals surface area contributed by atoms with Gasteiger partial charge in [0, 0.05) is 24.4 Å². The van der Waals surface area contributed by atoms with Crippen molar-refractivity contribution in [2.45, 2.75) is 13.5 Å². The molecule has 0 bridgehead atoms. The standard InChI is InChI=1S/C28H25NO6/c1-17-5-4-6-18(11-17)15-29-16-21(27(30)19-7-8-23(32-2)24(12-19)33-3)28(31)20-13-25-26(14-22(20)29)35-10-9-34-25/h4-8,11-14,16H,9-10,15H2,1-3H3. The number of benzene rings is 3. The fraction of sp³-hybridized carbons (Fsp3) is 0.214. The third-order valence-corrected chi connectivity index (χ3v) is 6.07. The summed E-state index contributed by atoms with van der Waals surface area (Å²) >= 11 is 0. The zero-order valence-electron chi connectivity index (χ0n) is 19.8. The van der Waals surface area contributed by atoms with Gasteiger partial charge in [-0.15, -0.1) is 0 Å². The van der Waals surface area contributed by atoms with Crippen LogP contribution in [0.5, 0.6) is 23.0 Å². The largest absolute Gasteiger partial charge is 0.493 e. The van der Waals surface area contributed by atoms with Gasteiger partial charge in [0.15, 0.2) is 28.8 Å². The maximum Gasteiger partial charge on any atom is 0.200 e. The summed E-state index contributed by atoms with van der Waals surface area (Å²) < 4.78 is 24.0. The smallest absolute Gasteiger partial charge is 0.200 e. The third-order valence-electron chi connectivity index (χ3n) is 6.07. The van der Waals surface area contributed by atoms with Crippen molar-refractivity contribution in [3.05, 3.63) is 93.3 Å². The number of aryl methyl sites for hydroxylation is 1. The molecule has 7 heteroatoms. The highest BCUT2D eigenvalue weighted by molar-refractivity contribution is 6.10. The van der Waals surface area contributed by atoms with E-state index in [1.807, 2.05) is 35.8 Å². The summed E-state index contributed by atoms with van der Waals surface area (Å²) in [7, 11) is 3.03. The van der Waals surface area contributed by atoms with Crippen molar-refractivity contribution in [2.75, 3.05) is 27.4 Å². The van der Waals surface area contributed by atoms with Gasteiger partial charge in [0.25, 0.3) is 0 Å². The van der Waals surface area contributed by atoms with E-state index in [1.54, 1.807) is 30.5 Å². The number of ketones is 1. The molecule has 5 rings (SSSR count). The van der Waals surface area contributed by atoms with Crippen molar-refractivity contribution in [3.8, 4) is 23.0 Å². The minimum absolute atomic E-state index is 0.0639. The molecule has 178 valence electrons. The molecule has 0 saturated heterocycles. The first-order valence-corrected chi connectivity index (χ1v) is 11.3. The Morgan fingerprint density at radius 2 is 1.69 bits per heavy atom. The van der Waals surface area contributed by atoms with Crippen LogP contribution >= 0.6 is 0 Å². The van der Waals surface area contributed by atoms with Crippen LogP contribution in [0.15, 0.2) is 65.6 Å². The number of aromatic nitrogens is 1. The molecule has 0 aliphatic carbocycles. The van der Waals surface area contributed by atoms with Crippen LogP contribution in [0.3, 0.4) is 0 Å². The van der Waals surface area contributed by atoms with E-state index in [0.717, 1.165) is 11.1 Å². The van der Waals surface area contributed by atoms with Crippen molar-refractivity contribution in [1.29, 1.82) is 0 Å². The number of carbonyl (C=O) groups excluding carboxylic acids is 1. The SMILES string of the molecule is COc1ccc(C(=O)c2cn(Cc3cccc(C)c3)c3cc4c(cc3c2=O)OCCO4)cc1OC. The highest BCUT2D eigenvalue weighted by Gasteiger charge is 2.22. The van der Waals surface area contributed by atoms with Crippen molar-refractivity contribution in [1.82, 2.24) is 4.57 Å². The number of carbonyl (C=O) groups is 1. The molecular weight excluding hydrogens is 446 g/mol. The number of hydrogen-bond acceptors (Lipinski definition) is 6. The number of nitrogens with zero attached hydrogens (tertiary/aromatic N) is 1. The Labute approximate surface area is 202 Å². The molecule has 0 amide bonds. The molecule has 4 aromatic rings. The Kier molecular flexibility index (Phi) is 5.91. The third kappa shape index (κ3) is 4.21. The number of methoxy groups -OCH3 is 2. The number of rotatable bonds is 6. The van der Waals surface area contributed by atoms with Gasteiger partial charge in [-0.1, -0.05) is 29.8 Å². The Balaban J connectivity index is 1.69. The predicted octanol–water partition coefficient (Wildman–Crippen LogP) is 4.38. The topological polar surface area (TPSA) is 76.0 Å². The van der Waals surface area contributed by atoms with Gasteiger partial charge < -0.3 is 23.5 Å². The van der Waals surface area contributed by atoms with Crippen LogP contribution in [0.1, 0.15) is 27.0 Å². The second kappa shape index (κ2) is 9.18. The van der Waals surface area contributed by atoms with Crippen LogP contribution in [0.4, 0.5) is 0 Å². The molecule has 0 radical (unpaired) electrons. The Morgan fingerprint density at radius 1 is 0.943 bits per heavy atom. The van der Waals surface area contributed by atoms with Crippen LogP contribution in [-0.2, 0) is 6.54 Å². The van der Waals surface area contributed by atoms with E-state index in [-0.39, 0.29) is 11.0 Å². The summed E-state index contributed by atoms with van der Waals surface area (Å²) in [5.74, 6) is 1.60. The number of ether oxygens (including phenoxy) is 4. The Morgan fingerprint density at radius 3 is 2.40 bits per heavy atom. The van der Waals surface area contributed by atoms with Crippen molar-refractivity contribution in [3.63, 3.8) is 0 Å². The van der Waals surface area contributed by atoms with E-state index in [9.17, 15) is 9.59 Å². The van der Waals surface area contributed by atoms with Crippen LogP contribution < -0.4 is 24.4 Å². The molecule has 0 unspecified atom stereocenters. The minimum atomic E-state index is -0.397. The molecule has 1 aliphatic heterocycles. The van der Waals surface area contributed by atoms with Crippen molar-refractivity contribution >= 4 is 16.7 Å². The van der Waals surface area contributed by atoms with Crippen molar-refractivity contribution in [2.24, 2.45) is 0 Å². The lowest BCUT2D eigenvalue weighted by Gasteiger charge is -2.21. The van der Waals surface area contributed by atoms with Gasteiger partial charge in [0.2, 0.25) is 5.43 Å². The molecule has 0 saturated carbocycles. The molecule has 2 heterocycles. The first kappa shape index (κ1) is 22.5. The molecule has 1 aromatic heterocycles. The van der Waals surface area contributed by atoms with E-state index in [1.165, 1.54) is 14.2 Å². The van der Waals surface area contributed by atoms with E-state index < -0.39 is 5.78 Å². The van der Waals surface area contributed by atoms with Crippen LogP contribution in [0, 0.1) is 6.92 Å². The molecule has 3 aromatic carbocycles. The zero-order chi connectivity index (χ0) is 24.5. The van der Waals surface area contributed by atoms with E-state index >= 15 is 0 Å². The summed E-state index contributed by atoms with van der Waals surface area (Å²) in [6.07, 6.45) is 1.63. The fourth-order valence-corrected chi connectivity index (χ4v) is 4.36. The Bertz CT molecular complexity index is 1500. The average Bonchev–Trinajstić information content (AvgIpc) is 2.88. The highest BCUT2D eigenvalue weighted by Crippen LogP contribution is 2.34. The molecule has 1 aliphatic rings. The van der Waals surface area contributed by atoms with E-state index in [2.05, 4.69) is 6.07 Å². The summed E-state index contributed by atoms with van der Waals surface area (Å²) in [5, 5.41) is 0.397. The van der Waals surface area contributed by atoms with Crippen LogP contribution in [0.2, 0.25) is 0 Å². The molecular formula is C28H25NO6. The van der Waals surface area contributed by atoms with E-state index in [0.29, 0.717) is 59.2 Å².